The fraction of sp³-hybridized carbons (Fsp3) is 0.800. The Kier molecular flexibility index (Phi) is 1.89. The van der Waals surface area contributed by atoms with Crippen LogP contribution in [-0.2, 0) is 0 Å². The van der Waals surface area contributed by atoms with E-state index in [1.165, 1.54) is 12.8 Å². The Morgan fingerprint density at radius 1 is 1.60 bits per heavy atom. The third-order valence-electron chi connectivity index (χ3n) is 3.16. The van der Waals surface area contributed by atoms with Crippen LogP contribution in [0.5, 0.6) is 0 Å². The van der Waals surface area contributed by atoms with E-state index in [0.29, 0.717) is 5.41 Å². The highest BCUT2D eigenvalue weighted by atomic mass is 14.4. The molecule has 0 radical (unpaired) electrons. The Hall–Kier alpha value is -0.260. The molecule has 58 valence electrons. The molecule has 0 aliphatic heterocycles. The average molecular weight is 138 g/mol. The van der Waals surface area contributed by atoms with Crippen LogP contribution in [0.25, 0.3) is 0 Å². The molecule has 0 aromatic heterocycles. The van der Waals surface area contributed by atoms with E-state index in [-0.39, 0.29) is 0 Å². The van der Waals surface area contributed by atoms with Crippen LogP contribution in [0.1, 0.15) is 40.5 Å². The van der Waals surface area contributed by atoms with Crippen molar-refractivity contribution in [3.63, 3.8) is 0 Å². The van der Waals surface area contributed by atoms with Crippen molar-refractivity contribution in [3.05, 3.63) is 11.6 Å². The molecule has 0 amide bonds. The van der Waals surface area contributed by atoms with Crippen molar-refractivity contribution >= 4 is 0 Å². The summed E-state index contributed by atoms with van der Waals surface area (Å²) < 4.78 is 0. The maximum Gasteiger partial charge on any atom is -0.0116 e. The molecule has 0 fully saturated rings. The smallest absolute Gasteiger partial charge is 0.0116 e. The Bertz CT molecular complexity index is 151. The minimum Gasteiger partial charge on any atom is -0.0845 e. The third kappa shape index (κ3) is 1.00. The first-order valence-electron chi connectivity index (χ1n) is 4.28. The Morgan fingerprint density at radius 2 is 2.20 bits per heavy atom. The number of hydrogen-bond acceptors (Lipinski definition) is 0. The lowest BCUT2D eigenvalue weighted by Crippen LogP contribution is -2.18. The average Bonchev–Trinajstić information content (AvgIpc) is 2.10. The second-order valence-electron chi connectivity index (χ2n) is 3.94. The Morgan fingerprint density at radius 3 is 2.40 bits per heavy atom. The van der Waals surface area contributed by atoms with Crippen molar-refractivity contribution in [3.8, 4) is 0 Å². The monoisotopic (exact) mass is 138 g/mol. The summed E-state index contributed by atoms with van der Waals surface area (Å²) in [4.78, 5) is 0. The summed E-state index contributed by atoms with van der Waals surface area (Å²) in [6, 6.07) is 0. The highest BCUT2D eigenvalue weighted by Crippen LogP contribution is 2.43. The van der Waals surface area contributed by atoms with Gasteiger partial charge in [-0.25, -0.2) is 0 Å². The van der Waals surface area contributed by atoms with Gasteiger partial charge in [-0.15, -0.1) is 0 Å². The van der Waals surface area contributed by atoms with Crippen molar-refractivity contribution in [2.24, 2.45) is 11.3 Å². The zero-order valence-electron chi connectivity index (χ0n) is 7.57. The van der Waals surface area contributed by atoms with E-state index < -0.39 is 0 Å². The highest BCUT2D eigenvalue weighted by Gasteiger charge is 2.32. The first kappa shape index (κ1) is 7.84. The van der Waals surface area contributed by atoms with Crippen LogP contribution in [0.3, 0.4) is 0 Å². The molecule has 0 saturated carbocycles. The molecule has 0 bridgehead atoms. The molecule has 1 unspecified atom stereocenters. The van der Waals surface area contributed by atoms with Crippen molar-refractivity contribution in [2.75, 3.05) is 0 Å². The second kappa shape index (κ2) is 2.41. The van der Waals surface area contributed by atoms with E-state index in [9.17, 15) is 0 Å². The molecular weight excluding hydrogens is 120 g/mol. The van der Waals surface area contributed by atoms with Gasteiger partial charge in [0.25, 0.3) is 0 Å². The van der Waals surface area contributed by atoms with E-state index in [1.54, 1.807) is 5.57 Å². The normalized spacial score (nSPS) is 30.4. The molecular formula is C10H18. The van der Waals surface area contributed by atoms with Gasteiger partial charge in [0, 0.05) is 0 Å². The van der Waals surface area contributed by atoms with E-state index in [1.807, 2.05) is 0 Å². The van der Waals surface area contributed by atoms with Gasteiger partial charge in [0.15, 0.2) is 0 Å². The first-order valence-corrected chi connectivity index (χ1v) is 4.28. The van der Waals surface area contributed by atoms with E-state index in [0.717, 1.165) is 5.92 Å². The second-order valence-corrected chi connectivity index (χ2v) is 3.94. The van der Waals surface area contributed by atoms with Crippen LogP contribution in [0.2, 0.25) is 0 Å². The molecule has 0 heterocycles. The summed E-state index contributed by atoms with van der Waals surface area (Å²) in [5.74, 6) is 0.849. The fourth-order valence-corrected chi connectivity index (χ4v) is 1.79. The highest BCUT2D eigenvalue weighted by molar-refractivity contribution is 5.19. The van der Waals surface area contributed by atoms with Crippen LogP contribution in [0.4, 0.5) is 0 Å². The van der Waals surface area contributed by atoms with Gasteiger partial charge < -0.3 is 0 Å². The van der Waals surface area contributed by atoms with Gasteiger partial charge in [0.1, 0.15) is 0 Å². The lowest BCUT2D eigenvalue weighted by Gasteiger charge is -2.27. The largest absolute Gasteiger partial charge is 0.0845 e. The van der Waals surface area contributed by atoms with Crippen LogP contribution >= 0.6 is 0 Å². The van der Waals surface area contributed by atoms with Gasteiger partial charge >= 0.3 is 0 Å². The molecule has 1 aliphatic rings. The standard InChI is InChI=1S/C10H18/c1-5-9-7-6-8(2)10(9,3)4/h7-8H,5-6H2,1-4H3. The zero-order valence-corrected chi connectivity index (χ0v) is 7.57. The summed E-state index contributed by atoms with van der Waals surface area (Å²) in [5.41, 5.74) is 2.13. The van der Waals surface area contributed by atoms with Gasteiger partial charge in [0.2, 0.25) is 0 Å². The molecule has 1 atom stereocenters. The predicted molar refractivity (Wildman–Crippen MR) is 45.9 cm³/mol. The molecule has 0 N–H and O–H groups in total. The molecule has 0 aromatic carbocycles. The summed E-state index contributed by atoms with van der Waals surface area (Å²) in [6.45, 7) is 9.32. The van der Waals surface area contributed by atoms with Crippen LogP contribution in [-0.4, -0.2) is 0 Å². The van der Waals surface area contributed by atoms with Gasteiger partial charge in [-0.2, -0.15) is 0 Å². The van der Waals surface area contributed by atoms with Crippen LogP contribution in [0, 0.1) is 11.3 Å². The number of allylic oxidation sites excluding steroid dienone is 2. The van der Waals surface area contributed by atoms with Crippen molar-refractivity contribution in [1.29, 1.82) is 0 Å². The molecule has 1 aliphatic carbocycles. The lowest BCUT2D eigenvalue weighted by molar-refractivity contribution is 0.311. The molecule has 0 saturated heterocycles. The third-order valence-corrected chi connectivity index (χ3v) is 3.16. The van der Waals surface area contributed by atoms with E-state index in [2.05, 4.69) is 33.8 Å². The van der Waals surface area contributed by atoms with E-state index in [4.69, 9.17) is 0 Å². The summed E-state index contributed by atoms with van der Waals surface area (Å²) in [5, 5.41) is 0. The minimum atomic E-state index is 0.481. The van der Waals surface area contributed by atoms with Crippen LogP contribution < -0.4 is 0 Å². The lowest BCUT2D eigenvalue weighted by atomic mass is 9.77. The molecule has 10 heavy (non-hydrogen) atoms. The quantitative estimate of drug-likeness (QED) is 0.487. The topological polar surface area (TPSA) is 0 Å². The van der Waals surface area contributed by atoms with Gasteiger partial charge in [-0.3, -0.25) is 0 Å². The van der Waals surface area contributed by atoms with E-state index >= 15 is 0 Å². The Labute approximate surface area is 64.3 Å². The molecule has 0 spiro atoms. The van der Waals surface area contributed by atoms with Crippen LogP contribution in [0.15, 0.2) is 11.6 Å². The maximum atomic E-state index is 2.42. The SMILES string of the molecule is CCC1=CCC(C)C1(C)C. The molecule has 1 rings (SSSR count). The molecule has 0 heteroatoms. The predicted octanol–water partition coefficient (Wildman–Crippen LogP) is 3.39. The fourth-order valence-electron chi connectivity index (χ4n) is 1.79. The van der Waals surface area contributed by atoms with Gasteiger partial charge in [-0.05, 0) is 24.2 Å². The zero-order chi connectivity index (χ0) is 7.78. The Balaban J connectivity index is 2.77. The van der Waals surface area contributed by atoms with Crippen molar-refractivity contribution in [2.45, 2.75) is 40.5 Å². The number of rotatable bonds is 1. The summed E-state index contributed by atoms with van der Waals surface area (Å²) in [6.07, 6.45) is 4.94. The number of hydrogen-bond donors (Lipinski definition) is 0. The molecule has 0 nitrogen and oxygen atoms in total. The summed E-state index contributed by atoms with van der Waals surface area (Å²) >= 11 is 0. The van der Waals surface area contributed by atoms with Gasteiger partial charge in [0.05, 0.1) is 0 Å². The van der Waals surface area contributed by atoms with Gasteiger partial charge in [-0.1, -0.05) is 39.3 Å². The first-order chi connectivity index (χ1) is 4.59. The molecule has 0 aromatic rings. The maximum absolute atomic E-state index is 2.42. The summed E-state index contributed by atoms with van der Waals surface area (Å²) in [7, 11) is 0. The van der Waals surface area contributed by atoms with Crippen molar-refractivity contribution in [1.82, 2.24) is 0 Å². The minimum absolute atomic E-state index is 0.481. The van der Waals surface area contributed by atoms with Crippen molar-refractivity contribution < 1.29 is 0 Å².